The van der Waals surface area contributed by atoms with E-state index in [9.17, 15) is 0 Å². The molecule has 19 heavy (non-hydrogen) atoms. The van der Waals surface area contributed by atoms with Crippen molar-refractivity contribution in [3.05, 3.63) is 47.8 Å². The van der Waals surface area contributed by atoms with Gasteiger partial charge < -0.3 is 4.98 Å². The van der Waals surface area contributed by atoms with Crippen LogP contribution < -0.4 is 0 Å². The van der Waals surface area contributed by atoms with Crippen molar-refractivity contribution >= 4 is 0 Å². The summed E-state index contributed by atoms with van der Waals surface area (Å²) in [7, 11) is 0. The zero-order valence-corrected chi connectivity index (χ0v) is 11.3. The normalized spacial score (nSPS) is 20.6. The summed E-state index contributed by atoms with van der Waals surface area (Å²) in [6, 6.07) is 6.34. The van der Waals surface area contributed by atoms with E-state index in [0.29, 0.717) is 5.92 Å². The van der Waals surface area contributed by atoms with Gasteiger partial charge in [0.1, 0.15) is 5.82 Å². The van der Waals surface area contributed by atoms with E-state index in [1.807, 2.05) is 12.4 Å². The van der Waals surface area contributed by atoms with Crippen molar-refractivity contribution in [1.29, 1.82) is 0 Å². The Labute approximate surface area is 113 Å². The Morgan fingerprint density at radius 1 is 1.42 bits per heavy atom. The monoisotopic (exact) mass is 256 g/mol. The van der Waals surface area contributed by atoms with Gasteiger partial charge in [-0.15, -0.1) is 0 Å². The molecule has 0 saturated carbocycles. The predicted molar refractivity (Wildman–Crippen MR) is 74.8 cm³/mol. The third kappa shape index (κ3) is 3.01. The first-order chi connectivity index (χ1) is 9.31. The fourth-order valence-electron chi connectivity index (χ4n) is 2.83. The zero-order valence-electron chi connectivity index (χ0n) is 11.3. The molecule has 4 nitrogen and oxygen atoms in total. The Bertz CT molecular complexity index is 521. The number of aromatic amines is 1. The van der Waals surface area contributed by atoms with Crippen LogP contribution in [0.2, 0.25) is 0 Å². The number of pyridine rings is 1. The van der Waals surface area contributed by atoms with Crippen LogP contribution in [0, 0.1) is 6.92 Å². The van der Waals surface area contributed by atoms with Gasteiger partial charge in [-0.2, -0.15) is 0 Å². The van der Waals surface area contributed by atoms with Crippen LogP contribution in [-0.2, 0) is 6.54 Å². The van der Waals surface area contributed by atoms with Crippen LogP contribution >= 0.6 is 0 Å². The maximum absolute atomic E-state index is 4.68. The lowest BCUT2D eigenvalue weighted by molar-refractivity contribution is 0.194. The van der Waals surface area contributed by atoms with E-state index < -0.39 is 0 Å². The fourth-order valence-corrected chi connectivity index (χ4v) is 2.83. The van der Waals surface area contributed by atoms with E-state index in [-0.39, 0.29) is 0 Å². The third-order valence-electron chi connectivity index (χ3n) is 3.76. The van der Waals surface area contributed by atoms with Crippen LogP contribution in [0.4, 0.5) is 0 Å². The smallest absolute Gasteiger partial charge is 0.120 e. The van der Waals surface area contributed by atoms with E-state index in [4.69, 9.17) is 0 Å². The molecule has 1 atom stereocenters. The summed E-state index contributed by atoms with van der Waals surface area (Å²) in [4.78, 5) is 14.6. The van der Waals surface area contributed by atoms with Crippen molar-refractivity contribution in [2.24, 2.45) is 0 Å². The van der Waals surface area contributed by atoms with E-state index in [1.165, 1.54) is 18.5 Å². The summed E-state index contributed by atoms with van der Waals surface area (Å²) in [5.74, 6) is 1.61. The maximum Gasteiger partial charge on any atom is 0.120 e. The van der Waals surface area contributed by atoms with Crippen molar-refractivity contribution in [1.82, 2.24) is 19.9 Å². The molecular weight excluding hydrogens is 236 g/mol. The number of likely N-dealkylation sites (tertiary alicyclic amines) is 1. The molecule has 1 N–H and O–H groups in total. The van der Waals surface area contributed by atoms with E-state index in [1.54, 1.807) is 0 Å². The van der Waals surface area contributed by atoms with Gasteiger partial charge in [0, 0.05) is 36.2 Å². The Morgan fingerprint density at radius 3 is 3.16 bits per heavy atom. The van der Waals surface area contributed by atoms with Crippen LogP contribution in [0.15, 0.2) is 30.6 Å². The van der Waals surface area contributed by atoms with Gasteiger partial charge in [0.15, 0.2) is 0 Å². The second-order valence-electron chi connectivity index (χ2n) is 5.31. The molecule has 1 saturated heterocycles. The summed E-state index contributed by atoms with van der Waals surface area (Å²) in [5, 5.41) is 0. The van der Waals surface area contributed by atoms with Gasteiger partial charge in [0.2, 0.25) is 0 Å². The number of rotatable bonds is 3. The average Bonchev–Trinajstić information content (AvgIpc) is 2.92. The van der Waals surface area contributed by atoms with Crippen molar-refractivity contribution in [3.8, 4) is 0 Å². The van der Waals surface area contributed by atoms with Gasteiger partial charge in [-0.1, -0.05) is 6.07 Å². The SMILES string of the molecule is Cc1cccc(C2CCCN(Cc3ncc[nH]3)C2)n1. The second-order valence-corrected chi connectivity index (χ2v) is 5.31. The number of aryl methyl sites for hydroxylation is 1. The lowest BCUT2D eigenvalue weighted by Gasteiger charge is -2.31. The van der Waals surface area contributed by atoms with Gasteiger partial charge in [-0.3, -0.25) is 9.88 Å². The molecule has 4 heteroatoms. The maximum atomic E-state index is 4.68. The molecule has 0 bridgehead atoms. The summed E-state index contributed by atoms with van der Waals surface area (Å²) < 4.78 is 0. The Hall–Kier alpha value is -1.68. The summed E-state index contributed by atoms with van der Waals surface area (Å²) >= 11 is 0. The summed E-state index contributed by atoms with van der Waals surface area (Å²) in [6.07, 6.45) is 6.18. The Balaban J connectivity index is 1.67. The highest BCUT2D eigenvalue weighted by atomic mass is 15.2. The molecule has 0 amide bonds. The molecule has 2 aromatic rings. The van der Waals surface area contributed by atoms with Crippen LogP contribution in [0.1, 0.15) is 36.0 Å². The van der Waals surface area contributed by atoms with Crippen molar-refractivity contribution < 1.29 is 0 Å². The molecule has 1 fully saturated rings. The quantitative estimate of drug-likeness (QED) is 0.917. The number of hydrogen-bond acceptors (Lipinski definition) is 3. The summed E-state index contributed by atoms with van der Waals surface area (Å²) in [5.41, 5.74) is 2.35. The number of nitrogens with zero attached hydrogens (tertiary/aromatic N) is 3. The first-order valence-corrected chi connectivity index (χ1v) is 6.95. The number of H-pyrrole nitrogens is 1. The van der Waals surface area contributed by atoms with E-state index >= 15 is 0 Å². The van der Waals surface area contributed by atoms with Crippen LogP contribution in [-0.4, -0.2) is 32.9 Å². The van der Waals surface area contributed by atoms with Crippen LogP contribution in [0.5, 0.6) is 0 Å². The third-order valence-corrected chi connectivity index (χ3v) is 3.76. The lowest BCUT2D eigenvalue weighted by atomic mass is 9.94. The minimum absolute atomic E-state index is 0.559. The van der Waals surface area contributed by atoms with Gasteiger partial charge in [0.05, 0.1) is 6.54 Å². The van der Waals surface area contributed by atoms with Gasteiger partial charge >= 0.3 is 0 Å². The number of aromatic nitrogens is 3. The number of piperidine rings is 1. The molecule has 100 valence electrons. The second kappa shape index (κ2) is 5.53. The van der Waals surface area contributed by atoms with E-state index in [2.05, 4.69) is 45.0 Å². The first-order valence-electron chi connectivity index (χ1n) is 6.95. The predicted octanol–water partition coefficient (Wildman–Crippen LogP) is 2.49. The van der Waals surface area contributed by atoms with Crippen molar-refractivity contribution in [2.45, 2.75) is 32.2 Å². The van der Waals surface area contributed by atoms with Crippen LogP contribution in [0.3, 0.4) is 0 Å². The largest absolute Gasteiger partial charge is 0.348 e. The number of imidazole rings is 1. The Morgan fingerprint density at radius 2 is 2.37 bits per heavy atom. The number of nitrogens with one attached hydrogen (secondary N) is 1. The zero-order chi connectivity index (χ0) is 13.1. The molecule has 1 aliphatic heterocycles. The first kappa shape index (κ1) is 12.4. The minimum Gasteiger partial charge on any atom is -0.348 e. The Kier molecular flexibility index (Phi) is 3.60. The molecular formula is C15H20N4. The molecule has 1 unspecified atom stereocenters. The molecule has 3 rings (SSSR count). The van der Waals surface area contributed by atoms with Crippen molar-refractivity contribution in [3.63, 3.8) is 0 Å². The molecule has 0 radical (unpaired) electrons. The molecule has 0 aromatic carbocycles. The highest BCUT2D eigenvalue weighted by molar-refractivity contribution is 5.15. The molecule has 1 aliphatic rings. The van der Waals surface area contributed by atoms with Gasteiger partial charge in [-0.05, 0) is 38.4 Å². The van der Waals surface area contributed by atoms with Crippen LogP contribution in [0.25, 0.3) is 0 Å². The van der Waals surface area contributed by atoms with Gasteiger partial charge in [0.25, 0.3) is 0 Å². The van der Waals surface area contributed by atoms with Crippen molar-refractivity contribution in [2.75, 3.05) is 13.1 Å². The minimum atomic E-state index is 0.559. The fraction of sp³-hybridized carbons (Fsp3) is 0.467. The summed E-state index contributed by atoms with van der Waals surface area (Å²) in [6.45, 7) is 5.21. The average molecular weight is 256 g/mol. The lowest BCUT2D eigenvalue weighted by Crippen LogP contribution is -2.34. The highest BCUT2D eigenvalue weighted by Gasteiger charge is 2.22. The highest BCUT2D eigenvalue weighted by Crippen LogP contribution is 2.26. The topological polar surface area (TPSA) is 44.8 Å². The molecule has 2 aromatic heterocycles. The van der Waals surface area contributed by atoms with Gasteiger partial charge in [-0.25, -0.2) is 4.98 Å². The molecule has 0 spiro atoms. The van der Waals surface area contributed by atoms with E-state index in [0.717, 1.165) is 31.2 Å². The molecule has 0 aliphatic carbocycles. The number of hydrogen-bond donors (Lipinski definition) is 1. The molecule has 3 heterocycles. The standard InChI is InChI=1S/C15H20N4/c1-12-4-2-6-14(18-12)13-5-3-9-19(10-13)11-15-16-7-8-17-15/h2,4,6-8,13H,3,5,9-11H2,1H3,(H,16,17).